The van der Waals surface area contributed by atoms with E-state index in [-0.39, 0.29) is 12.2 Å². The number of fused-ring (bicyclic) bond motifs is 1. The van der Waals surface area contributed by atoms with Crippen molar-refractivity contribution >= 4 is 27.5 Å². The normalized spacial score (nSPS) is 11.0. The van der Waals surface area contributed by atoms with Gasteiger partial charge in [-0.25, -0.2) is 14.5 Å². The zero-order chi connectivity index (χ0) is 19.0. The van der Waals surface area contributed by atoms with Crippen LogP contribution in [0.5, 0.6) is 0 Å². The van der Waals surface area contributed by atoms with Gasteiger partial charge in [-0.1, -0.05) is 18.2 Å². The Morgan fingerprint density at radius 3 is 2.81 bits per heavy atom. The van der Waals surface area contributed by atoms with E-state index in [9.17, 15) is 9.59 Å². The fourth-order valence-corrected chi connectivity index (χ4v) is 3.94. The summed E-state index contributed by atoms with van der Waals surface area (Å²) >= 11 is 1.17. The zero-order valence-electron chi connectivity index (χ0n) is 14.7. The molecule has 3 heterocycles. The number of aromatic nitrogens is 4. The number of thiophene rings is 1. The number of hydrogen-bond donors (Lipinski definition) is 1. The highest BCUT2D eigenvalue weighted by molar-refractivity contribution is 7.20. The molecule has 1 aromatic carbocycles. The molecule has 0 saturated carbocycles. The van der Waals surface area contributed by atoms with Crippen LogP contribution in [0.1, 0.15) is 26.6 Å². The molecule has 0 spiro atoms. The minimum Gasteiger partial charge on any atom is -0.457 e. The standard InChI is InChI=1S/C19H16N4O3S/c1-11-15-17(24)21-12(2)22-18(15)27-16(11)19(25)26-10-13-8-20-23(9-13)14-6-4-3-5-7-14/h3-9H,10H2,1-2H3,(H,21,22,24). The van der Waals surface area contributed by atoms with E-state index in [1.807, 2.05) is 36.5 Å². The molecule has 0 saturated heterocycles. The molecule has 136 valence electrons. The summed E-state index contributed by atoms with van der Waals surface area (Å²) < 4.78 is 7.14. The second-order valence-electron chi connectivity index (χ2n) is 6.09. The van der Waals surface area contributed by atoms with Gasteiger partial charge in [0, 0.05) is 11.8 Å². The number of ether oxygens (including phenoxy) is 1. The third-order valence-corrected chi connectivity index (χ3v) is 5.30. The van der Waals surface area contributed by atoms with Gasteiger partial charge >= 0.3 is 5.97 Å². The van der Waals surface area contributed by atoms with Crippen LogP contribution in [0, 0.1) is 13.8 Å². The first-order valence-electron chi connectivity index (χ1n) is 8.29. The van der Waals surface area contributed by atoms with Gasteiger partial charge in [0.25, 0.3) is 5.56 Å². The Hall–Kier alpha value is -3.26. The molecule has 7 nitrogen and oxygen atoms in total. The minimum atomic E-state index is -0.472. The van der Waals surface area contributed by atoms with Crippen LogP contribution < -0.4 is 5.56 Å². The van der Waals surface area contributed by atoms with Crippen molar-refractivity contribution in [3.63, 3.8) is 0 Å². The van der Waals surface area contributed by atoms with Crippen molar-refractivity contribution in [1.82, 2.24) is 19.7 Å². The van der Waals surface area contributed by atoms with Crippen LogP contribution in [0.3, 0.4) is 0 Å². The Labute approximate surface area is 158 Å². The fraction of sp³-hybridized carbons (Fsp3) is 0.158. The van der Waals surface area contributed by atoms with Crippen molar-refractivity contribution < 1.29 is 9.53 Å². The van der Waals surface area contributed by atoms with Gasteiger partial charge < -0.3 is 9.72 Å². The van der Waals surface area contributed by atoms with Gasteiger partial charge in [0.05, 0.1) is 17.3 Å². The maximum Gasteiger partial charge on any atom is 0.349 e. The predicted octanol–water partition coefficient (Wildman–Crippen LogP) is 3.14. The van der Waals surface area contributed by atoms with Crippen molar-refractivity contribution in [2.24, 2.45) is 0 Å². The van der Waals surface area contributed by atoms with E-state index in [2.05, 4.69) is 15.1 Å². The largest absolute Gasteiger partial charge is 0.457 e. The first-order chi connectivity index (χ1) is 13.0. The number of H-pyrrole nitrogens is 1. The highest BCUT2D eigenvalue weighted by atomic mass is 32.1. The molecule has 0 aliphatic rings. The molecule has 0 unspecified atom stereocenters. The maximum absolute atomic E-state index is 12.5. The van der Waals surface area contributed by atoms with E-state index in [0.717, 1.165) is 11.3 Å². The van der Waals surface area contributed by atoms with E-state index in [0.29, 0.717) is 26.5 Å². The lowest BCUT2D eigenvalue weighted by atomic mass is 10.2. The average molecular weight is 380 g/mol. The van der Waals surface area contributed by atoms with Gasteiger partial charge in [-0.2, -0.15) is 5.10 Å². The molecular formula is C19H16N4O3S. The summed E-state index contributed by atoms with van der Waals surface area (Å²) in [5.41, 5.74) is 2.05. The van der Waals surface area contributed by atoms with Crippen molar-refractivity contribution in [1.29, 1.82) is 0 Å². The molecule has 3 aromatic heterocycles. The summed E-state index contributed by atoms with van der Waals surface area (Å²) in [6.45, 7) is 3.54. The molecule has 0 aliphatic heterocycles. The first kappa shape index (κ1) is 17.2. The van der Waals surface area contributed by atoms with Gasteiger partial charge in [-0.3, -0.25) is 4.79 Å². The van der Waals surface area contributed by atoms with Crippen molar-refractivity contribution in [2.75, 3.05) is 0 Å². The molecule has 0 bridgehead atoms. The van der Waals surface area contributed by atoms with E-state index in [4.69, 9.17) is 4.74 Å². The highest BCUT2D eigenvalue weighted by Gasteiger charge is 2.20. The lowest BCUT2D eigenvalue weighted by Crippen LogP contribution is -2.09. The second kappa shape index (κ2) is 6.81. The molecule has 1 N–H and O–H groups in total. The SMILES string of the molecule is Cc1nc2sc(C(=O)OCc3cnn(-c4ccccc4)c3)c(C)c2c(=O)[nH]1. The van der Waals surface area contributed by atoms with Crippen LogP contribution >= 0.6 is 11.3 Å². The first-order valence-corrected chi connectivity index (χ1v) is 9.10. The minimum absolute atomic E-state index is 0.0994. The van der Waals surface area contributed by atoms with E-state index in [1.54, 1.807) is 24.7 Å². The number of carbonyl (C=O) groups is 1. The van der Waals surface area contributed by atoms with Crippen LogP contribution in [0.25, 0.3) is 15.9 Å². The topological polar surface area (TPSA) is 89.9 Å². The number of rotatable bonds is 4. The predicted molar refractivity (Wildman–Crippen MR) is 102 cm³/mol. The summed E-state index contributed by atoms with van der Waals surface area (Å²) in [6, 6.07) is 9.67. The number of aromatic amines is 1. The number of carbonyl (C=O) groups excluding carboxylic acids is 1. The number of para-hydroxylation sites is 1. The summed E-state index contributed by atoms with van der Waals surface area (Å²) in [5.74, 6) is 0.0435. The Bertz CT molecular complexity index is 1190. The Balaban J connectivity index is 1.53. The van der Waals surface area contributed by atoms with Gasteiger partial charge in [0.1, 0.15) is 22.1 Å². The van der Waals surface area contributed by atoms with Crippen LogP contribution in [-0.4, -0.2) is 25.7 Å². The van der Waals surface area contributed by atoms with E-state index in [1.165, 1.54) is 11.3 Å². The van der Waals surface area contributed by atoms with Gasteiger partial charge in [-0.15, -0.1) is 11.3 Å². The number of benzene rings is 1. The number of nitrogens with one attached hydrogen (secondary N) is 1. The molecule has 0 atom stereocenters. The monoisotopic (exact) mass is 380 g/mol. The highest BCUT2D eigenvalue weighted by Crippen LogP contribution is 2.27. The molecule has 0 amide bonds. The lowest BCUT2D eigenvalue weighted by Gasteiger charge is -2.02. The Morgan fingerprint density at radius 1 is 1.26 bits per heavy atom. The van der Waals surface area contributed by atoms with Crippen LogP contribution in [0.4, 0.5) is 0 Å². The number of aryl methyl sites for hydroxylation is 2. The van der Waals surface area contributed by atoms with Crippen LogP contribution in [0.15, 0.2) is 47.5 Å². The molecule has 27 heavy (non-hydrogen) atoms. The van der Waals surface area contributed by atoms with Gasteiger partial charge in [-0.05, 0) is 31.5 Å². The van der Waals surface area contributed by atoms with Gasteiger partial charge in [0.15, 0.2) is 0 Å². The van der Waals surface area contributed by atoms with E-state index >= 15 is 0 Å². The quantitative estimate of drug-likeness (QED) is 0.549. The molecule has 8 heteroatoms. The molecule has 4 rings (SSSR count). The van der Waals surface area contributed by atoms with Crippen molar-refractivity contribution in [2.45, 2.75) is 20.5 Å². The van der Waals surface area contributed by atoms with E-state index < -0.39 is 5.97 Å². The number of hydrogen-bond acceptors (Lipinski definition) is 6. The molecule has 0 aliphatic carbocycles. The maximum atomic E-state index is 12.5. The van der Waals surface area contributed by atoms with Crippen molar-refractivity contribution in [3.05, 3.63) is 74.9 Å². The number of esters is 1. The Kier molecular flexibility index (Phi) is 4.33. The summed E-state index contributed by atoms with van der Waals surface area (Å²) in [6.07, 6.45) is 3.48. The van der Waals surface area contributed by atoms with Crippen LogP contribution in [0.2, 0.25) is 0 Å². The molecule has 4 aromatic rings. The van der Waals surface area contributed by atoms with Gasteiger partial charge in [0.2, 0.25) is 0 Å². The molecular weight excluding hydrogens is 364 g/mol. The zero-order valence-corrected chi connectivity index (χ0v) is 15.5. The summed E-state index contributed by atoms with van der Waals surface area (Å²) in [5, 5.41) is 4.72. The number of nitrogens with zero attached hydrogens (tertiary/aromatic N) is 3. The Morgan fingerprint density at radius 2 is 2.04 bits per heavy atom. The molecule has 0 fully saturated rings. The smallest absolute Gasteiger partial charge is 0.349 e. The molecule has 0 radical (unpaired) electrons. The third kappa shape index (κ3) is 3.26. The third-order valence-electron chi connectivity index (χ3n) is 4.13. The summed E-state index contributed by atoms with van der Waals surface area (Å²) in [7, 11) is 0. The second-order valence-corrected chi connectivity index (χ2v) is 7.09. The average Bonchev–Trinajstić information content (AvgIpc) is 3.25. The lowest BCUT2D eigenvalue weighted by molar-refractivity contribution is 0.0478. The van der Waals surface area contributed by atoms with Crippen molar-refractivity contribution in [3.8, 4) is 5.69 Å². The van der Waals surface area contributed by atoms with Crippen LogP contribution in [-0.2, 0) is 11.3 Å². The fourth-order valence-electron chi connectivity index (χ4n) is 2.82. The summed E-state index contributed by atoms with van der Waals surface area (Å²) in [4.78, 5) is 32.5.